The molecule has 1 aliphatic heterocycles. The predicted octanol–water partition coefficient (Wildman–Crippen LogP) is 3.62. The number of hydrogen-bond donors (Lipinski definition) is 0. The van der Waals surface area contributed by atoms with Crippen LogP contribution in [0.25, 0.3) is 0 Å². The summed E-state index contributed by atoms with van der Waals surface area (Å²) < 4.78 is 32.7. The summed E-state index contributed by atoms with van der Waals surface area (Å²) in [5, 5.41) is 0. The second-order valence-corrected chi connectivity index (χ2v) is 8.68. The highest BCUT2D eigenvalue weighted by Gasteiger charge is 2.28. The number of sulfonamides is 1. The van der Waals surface area contributed by atoms with E-state index in [-0.39, 0.29) is 5.75 Å². The average molecular weight is 359 g/mol. The zero-order valence-electron chi connectivity index (χ0n) is 14.6. The van der Waals surface area contributed by atoms with E-state index in [0.717, 1.165) is 29.7 Å². The number of ether oxygens (including phenoxy) is 1. The predicted molar refractivity (Wildman–Crippen MR) is 100 cm³/mol. The smallest absolute Gasteiger partial charge is 0.218 e. The molecule has 0 saturated carbocycles. The Kier molecular flexibility index (Phi) is 5.76. The minimum atomic E-state index is -3.25. The van der Waals surface area contributed by atoms with E-state index in [1.807, 2.05) is 61.5 Å². The van der Waals surface area contributed by atoms with Crippen molar-refractivity contribution < 1.29 is 13.2 Å². The monoisotopic (exact) mass is 359 g/mol. The zero-order chi connectivity index (χ0) is 17.7. The molecule has 0 bridgehead atoms. The molecule has 1 aliphatic rings. The van der Waals surface area contributed by atoms with Gasteiger partial charge in [-0.1, -0.05) is 48.0 Å². The van der Waals surface area contributed by atoms with E-state index < -0.39 is 10.0 Å². The molecule has 25 heavy (non-hydrogen) atoms. The van der Waals surface area contributed by atoms with Gasteiger partial charge in [-0.15, -0.1) is 0 Å². The second kappa shape index (κ2) is 8.02. The van der Waals surface area contributed by atoms with Gasteiger partial charge in [0, 0.05) is 13.1 Å². The molecule has 0 aliphatic carbocycles. The molecule has 0 aromatic heterocycles. The number of piperidine rings is 1. The number of para-hydroxylation sites is 1. The van der Waals surface area contributed by atoms with E-state index in [1.54, 1.807) is 4.31 Å². The molecule has 0 spiro atoms. The van der Waals surface area contributed by atoms with Gasteiger partial charge in [-0.2, -0.15) is 0 Å². The molecule has 0 unspecified atom stereocenters. The molecule has 0 N–H and O–H groups in total. The van der Waals surface area contributed by atoms with Crippen molar-refractivity contribution in [3.63, 3.8) is 0 Å². The van der Waals surface area contributed by atoms with E-state index in [0.29, 0.717) is 25.6 Å². The molecule has 134 valence electrons. The summed E-state index contributed by atoms with van der Waals surface area (Å²) >= 11 is 0. The highest BCUT2D eigenvalue weighted by Crippen LogP contribution is 2.23. The fraction of sp³-hybridized carbons (Fsp3) is 0.400. The van der Waals surface area contributed by atoms with Crippen LogP contribution in [0.2, 0.25) is 0 Å². The van der Waals surface area contributed by atoms with Crippen LogP contribution in [-0.2, 0) is 15.8 Å². The van der Waals surface area contributed by atoms with Gasteiger partial charge in [0.15, 0.2) is 0 Å². The molecule has 0 radical (unpaired) electrons. The normalized spacial score (nSPS) is 16.7. The van der Waals surface area contributed by atoms with Gasteiger partial charge in [-0.3, -0.25) is 0 Å². The average Bonchev–Trinajstić information content (AvgIpc) is 2.61. The van der Waals surface area contributed by atoms with Gasteiger partial charge in [0.1, 0.15) is 5.75 Å². The number of benzene rings is 2. The molecule has 2 aromatic rings. The zero-order valence-corrected chi connectivity index (χ0v) is 15.4. The first-order valence-corrected chi connectivity index (χ1v) is 10.3. The summed E-state index contributed by atoms with van der Waals surface area (Å²) in [7, 11) is -3.25. The van der Waals surface area contributed by atoms with Crippen LogP contribution in [0.4, 0.5) is 0 Å². The number of aryl methyl sites for hydroxylation is 1. The summed E-state index contributed by atoms with van der Waals surface area (Å²) in [5.74, 6) is 1.36. The van der Waals surface area contributed by atoms with Crippen LogP contribution in [0.5, 0.6) is 5.75 Å². The van der Waals surface area contributed by atoms with Crippen molar-refractivity contribution in [2.24, 2.45) is 5.92 Å². The molecule has 5 heteroatoms. The maximum atomic E-state index is 12.6. The van der Waals surface area contributed by atoms with Crippen LogP contribution in [-0.4, -0.2) is 32.4 Å². The molecule has 0 amide bonds. The third-order valence-electron chi connectivity index (χ3n) is 4.63. The lowest BCUT2D eigenvalue weighted by molar-refractivity contribution is 0.185. The summed E-state index contributed by atoms with van der Waals surface area (Å²) in [5.41, 5.74) is 1.94. The second-order valence-electron chi connectivity index (χ2n) is 6.71. The minimum Gasteiger partial charge on any atom is -0.493 e. The van der Waals surface area contributed by atoms with Crippen LogP contribution in [0.1, 0.15) is 24.0 Å². The number of hydrogen-bond acceptors (Lipinski definition) is 3. The van der Waals surface area contributed by atoms with Crippen molar-refractivity contribution in [2.75, 3.05) is 19.7 Å². The van der Waals surface area contributed by atoms with Crippen molar-refractivity contribution in [3.8, 4) is 5.75 Å². The summed E-state index contributed by atoms with van der Waals surface area (Å²) in [6, 6.07) is 17.5. The van der Waals surface area contributed by atoms with Gasteiger partial charge in [0.05, 0.1) is 12.4 Å². The van der Waals surface area contributed by atoms with Crippen molar-refractivity contribution in [3.05, 3.63) is 65.7 Å². The Morgan fingerprint density at radius 2 is 1.76 bits per heavy atom. The van der Waals surface area contributed by atoms with Gasteiger partial charge in [-0.05, 0) is 43.4 Å². The quantitative estimate of drug-likeness (QED) is 0.791. The molecular formula is C20H25NO3S. The SMILES string of the molecule is Cc1cccc(CS(=O)(=O)N2CCC(COc3ccccc3)CC2)c1. The lowest BCUT2D eigenvalue weighted by Crippen LogP contribution is -2.40. The van der Waals surface area contributed by atoms with E-state index in [2.05, 4.69) is 0 Å². The Bertz CT molecular complexity index is 782. The first kappa shape index (κ1) is 18.0. The summed E-state index contributed by atoms with van der Waals surface area (Å²) in [4.78, 5) is 0. The van der Waals surface area contributed by atoms with Crippen molar-refractivity contribution in [2.45, 2.75) is 25.5 Å². The maximum Gasteiger partial charge on any atom is 0.218 e. The molecule has 2 aromatic carbocycles. The van der Waals surface area contributed by atoms with Crippen LogP contribution in [0.3, 0.4) is 0 Å². The molecule has 1 saturated heterocycles. The lowest BCUT2D eigenvalue weighted by atomic mass is 9.99. The van der Waals surface area contributed by atoms with Crippen molar-refractivity contribution >= 4 is 10.0 Å². The first-order chi connectivity index (χ1) is 12.0. The van der Waals surface area contributed by atoms with Crippen LogP contribution >= 0.6 is 0 Å². The Hall–Kier alpha value is -1.85. The van der Waals surface area contributed by atoms with Crippen molar-refractivity contribution in [1.82, 2.24) is 4.31 Å². The standard InChI is InChI=1S/C20H25NO3S/c1-17-6-5-7-19(14-17)16-25(22,23)21-12-10-18(11-13-21)15-24-20-8-3-2-4-9-20/h2-9,14,18H,10-13,15-16H2,1H3. The fourth-order valence-corrected chi connectivity index (χ4v) is 4.74. The van der Waals surface area contributed by atoms with Gasteiger partial charge in [0.2, 0.25) is 10.0 Å². The third kappa shape index (κ3) is 5.06. The Balaban J connectivity index is 1.51. The Labute approximate surface area is 150 Å². The molecule has 0 atom stereocenters. The number of nitrogens with zero attached hydrogens (tertiary/aromatic N) is 1. The Morgan fingerprint density at radius 3 is 2.44 bits per heavy atom. The fourth-order valence-electron chi connectivity index (χ4n) is 3.19. The van der Waals surface area contributed by atoms with Crippen LogP contribution < -0.4 is 4.74 Å². The molecule has 1 heterocycles. The molecule has 4 nitrogen and oxygen atoms in total. The van der Waals surface area contributed by atoms with E-state index >= 15 is 0 Å². The van der Waals surface area contributed by atoms with Gasteiger partial charge < -0.3 is 4.74 Å². The topological polar surface area (TPSA) is 46.6 Å². The molecule has 3 rings (SSSR count). The van der Waals surface area contributed by atoms with Gasteiger partial charge in [-0.25, -0.2) is 12.7 Å². The highest BCUT2D eigenvalue weighted by atomic mass is 32.2. The summed E-state index contributed by atoms with van der Waals surface area (Å²) in [6.07, 6.45) is 1.69. The van der Waals surface area contributed by atoms with E-state index in [4.69, 9.17) is 4.74 Å². The summed E-state index contributed by atoms with van der Waals surface area (Å²) in [6.45, 7) is 3.79. The molecular weight excluding hydrogens is 334 g/mol. The highest BCUT2D eigenvalue weighted by molar-refractivity contribution is 7.88. The van der Waals surface area contributed by atoms with Gasteiger partial charge >= 0.3 is 0 Å². The third-order valence-corrected chi connectivity index (χ3v) is 6.48. The Morgan fingerprint density at radius 1 is 1.04 bits per heavy atom. The lowest BCUT2D eigenvalue weighted by Gasteiger charge is -2.31. The van der Waals surface area contributed by atoms with Crippen molar-refractivity contribution in [1.29, 1.82) is 0 Å². The van der Waals surface area contributed by atoms with Gasteiger partial charge in [0.25, 0.3) is 0 Å². The van der Waals surface area contributed by atoms with Crippen LogP contribution in [0.15, 0.2) is 54.6 Å². The van der Waals surface area contributed by atoms with E-state index in [9.17, 15) is 8.42 Å². The molecule has 1 fully saturated rings. The largest absolute Gasteiger partial charge is 0.493 e. The first-order valence-electron chi connectivity index (χ1n) is 8.74. The van der Waals surface area contributed by atoms with E-state index in [1.165, 1.54) is 0 Å². The number of rotatable bonds is 6. The minimum absolute atomic E-state index is 0.0832. The maximum absolute atomic E-state index is 12.6. The van der Waals surface area contributed by atoms with Crippen LogP contribution in [0, 0.1) is 12.8 Å².